The van der Waals surface area contributed by atoms with Crippen LogP contribution in [0.1, 0.15) is 6.92 Å². The minimum absolute atomic E-state index is 0.370. The molecule has 0 heterocycles. The van der Waals surface area contributed by atoms with Gasteiger partial charge in [0, 0.05) is 0 Å². The van der Waals surface area contributed by atoms with Crippen molar-refractivity contribution in [3.8, 4) is 5.75 Å². The normalized spacial score (nSPS) is 9.27. The molecule has 1 aromatic rings. The molecule has 0 amide bonds. The number of hydrogen-bond donors (Lipinski definition) is 1. The highest BCUT2D eigenvalue weighted by molar-refractivity contribution is 5.54. The lowest BCUT2D eigenvalue weighted by atomic mass is 10.3. The zero-order chi connectivity index (χ0) is 8.10. The number of halogens is 1. The minimum atomic E-state index is 0.370. The van der Waals surface area contributed by atoms with E-state index in [1.807, 2.05) is 6.92 Å². The Morgan fingerprint density at radius 2 is 2.18 bits per heavy atom. The van der Waals surface area contributed by atoms with Crippen LogP contribution in [0.15, 0.2) is 24.3 Å². The van der Waals surface area contributed by atoms with Gasteiger partial charge in [-0.3, -0.25) is 0 Å². The van der Waals surface area contributed by atoms with E-state index in [-0.39, 0.29) is 0 Å². The van der Waals surface area contributed by atoms with Crippen LogP contribution in [0.2, 0.25) is 0 Å². The summed E-state index contributed by atoms with van der Waals surface area (Å²) < 4.78 is 17.1. The first-order valence-electron chi connectivity index (χ1n) is 3.47. The molecule has 1 aromatic carbocycles. The lowest BCUT2D eigenvalue weighted by molar-refractivity contribution is 0.340. The summed E-state index contributed by atoms with van der Waals surface area (Å²) in [7, 11) is 0. The first-order valence-corrected chi connectivity index (χ1v) is 3.47. The fourth-order valence-corrected chi connectivity index (χ4v) is 0.826. The first kappa shape index (κ1) is 7.85. The van der Waals surface area contributed by atoms with Crippen molar-refractivity contribution in [2.75, 3.05) is 12.1 Å². The molecule has 3 heteroatoms. The Morgan fingerprint density at radius 1 is 1.45 bits per heavy atom. The maximum absolute atomic E-state index is 12.0. The zero-order valence-corrected chi connectivity index (χ0v) is 6.30. The second kappa shape index (κ2) is 3.81. The van der Waals surface area contributed by atoms with Crippen molar-refractivity contribution < 1.29 is 9.22 Å². The highest BCUT2D eigenvalue weighted by atomic mass is 19.2. The lowest BCUT2D eigenvalue weighted by Crippen LogP contribution is -1.94. The third-order valence-electron chi connectivity index (χ3n) is 1.29. The first-order chi connectivity index (χ1) is 5.38. The fraction of sp³-hybridized carbons (Fsp3) is 0.250. The van der Waals surface area contributed by atoms with E-state index in [0.717, 1.165) is 0 Å². The second-order valence-electron chi connectivity index (χ2n) is 2.02. The largest absolute Gasteiger partial charge is 0.492 e. The maximum atomic E-state index is 12.0. The van der Waals surface area contributed by atoms with Crippen LogP contribution >= 0.6 is 0 Å². The van der Waals surface area contributed by atoms with Gasteiger partial charge in [0.1, 0.15) is 11.4 Å². The quantitative estimate of drug-likeness (QED) is 0.676. The molecule has 0 aliphatic heterocycles. The van der Waals surface area contributed by atoms with Crippen molar-refractivity contribution in [1.82, 2.24) is 0 Å². The van der Waals surface area contributed by atoms with Gasteiger partial charge >= 0.3 is 0 Å². The van der Waals surface area contributed by atoms with Crippen molar-refractivity contribution >= 4 is 5.69 Å². The zero-order valence-electron chi connectivity index (χ0n) is 6.30. The molecule has 0 fully saturated rings. The van der Waals surface area contributed by atoms with E-state index in [9.17, 15) is 4.48 Å². The highest BCUT2D eigenvalue weighted by Gasteiger charge is 1.98. The molecule has 0 spiro atoms. The fourth-order valence-electron chi connectivity index (χ4n) is 0.826. The predicted molar refractivity (Wildman–Crippen MR) is 42.3 cm³/mol. The van der Waals surface area contributed by atoms with Crippen LogP contribution in [-0.2, 0) is 0 Å². The minimum Gasteiger partial charge on any atom is -0.492 e. The van der Waals surface area contributed by atoms with Crippen LogP contribution in [0.5, 0.6) is 5.75 Å². The van der Waals surface area contributed by atoms with E-state index in [0.29, 0.717) is 18.0 Å². The molecule has 0 atom stereocenters. The van der Waals surface area contributed by atoms with Crippen molar-refractivity contribution in [2.24, 2.45) is 0 Å². The van der Waals surface area contributed by atoms with Crippen molar-refractivity contribution in [2.45, 2.75) is 6.92 Å². The summed E-state index contributed by atoms with van der Waals surface area (Å²) in [5, 5.41) is 0. The Hall–Kier alpha value is -1.25. The van der Waals surface area contributed by atoms with Crippen LogP contribution in [0.4, 0.5) is 10.2 Å². The lowest BCUT2D eigenvalue weighted by Gasteiger charge is -2.05. The standard InChI is InChI=1S/C8H10FNO/c1-2-11-8-6-4-3-5-7(8)10-9/h3-6,10H,2H2,1H3. The van der Waals surface area contributed by atoms with Crippen molar-refractivity contribution in [3.05, 3.63) is 24.3 Å². The van der Waals surface area contributed by atoms with E-state index in [2.05, 4.69) is 0 Å². The summed E-state index contributed by atoms with van der Waals surface area (Å²) in [6, 6.07) is 6.87. The molecule has 0 bridgehead atoms. The topological polar surface area (TPSA) is 21.3 Å². The van der Waals surface area contributed by atoms with Crippen molar-refractivity contribution in [1.29, 1.82) is 0 Å². The molecular formula is C8H10FNO. The van der Waals surface area contributed by atoms with E-state index >= 15 is 0 Å². The molecule has 1 rings (SSSR count). The van der Waals surface area contributed by atoms with Gasteiger partial charge in [-0.25, -0.2) is 5.54 Å². The van der Waals surface area contributed by atoms with Crippen LogP contribution < -0.4 is 10.3 Å². The number of para-hydroxylation sites is 2. The summed E-state index contributed by atoms with van der Waals surface area (Å²) >= 11 is 0. The molecule has 0 saturated heterocycles. The molecule has 0 saturated carbocycles. The van der Waals surface area contributed by atoms with Gasteiger partial charge in [-0.1, -0.05) is 12.1 Å². The number of hydrogen-bond acceptors (Lipinski definition) is 2. The summed E-state index contributed by atoms with van der Waals surface area (Å²) in [5.41, 5.74) is 1.93. The number of ether oxygens (including phenoxy) is 1. The predicted octanol–water partition coefficient (Wildman–Crippen LogP) is 2.38. The number of nitrogens with one attached hydrogen (secondary N) is 1. The van der Waals surface area contributed by atoms with Crippen LogP contribution in [0.25, 0.3) is 0 Å². The summed E-state index contributed by atoms with van der Waals surface area (Å²) in [4.78, 5) is 0. The van der Waals surface area contributed by atoms with Crippen molar-refractivity contribution in [3.63, 3.8) is 0 Å². The van der Waals surface area contributed by atoms with Gasteiger partial charge in [-0.05, 0) is 19.1 Å². The van der Waals surface area contributed by atoms with Crippen LogP contribution in [0.3, 0.4) is 0 Å². The van der Waals surface area contributed by atoms with Gasteiger partial charge in [0.05, 0.1) is 6.61 Å². The summed E-state index contributed by atoms with van der Waals surface area (Å²) in [6.07, 6.45) is 0. The molecular weight excluding hydrogens is 145 g/mol. The number of rotatable bonds is 3. The maximum Gasteiger partial charge on any atom is 0.144 e. The van der Waals surface area contributed by atoms with Crippen LogP contribution in [-0.4, -0.2) is 6.61 Å². The highest BCUT2D eigenvalue weighted by Crippen LogP contribution is 2.23. The summed E-state index contributed by atoms with van der Waals surface area (Å²) in [6.45, 7) is 2.40. The monoisotopic (exact) mass is 155 g/mol. The molecule has 0 radical (unpaired) electrons. The Labute approximate surface area is 64.9 Å². The molecule has 1 N–H and O–H groups in total. The molecule has 0 aromatic heterocycles. The van der Waals surface area contributed by atoms with Crippen LogP contribution in [0, 0.1) is 0 Å². The molecule has 2 nitrogen and oxygen atoms in total. The van der Waals surface area contributed by atoms with Gasteiger partial charge in [0.15, 0.2) is 0 Å². The van der Waals surface area contributed by atoms with Gasteiger partial charge in [-0.15, -0.1) is 4.48 Å². The average molecular weight is 155 g/mol. The molecule has 11 heavy (non-hydrogen) atoms. The smallest absolute Gasteiger partial charge is 0.144 e. The van der Waals surface area contributed by atoms with E-state index in [4.69, 9.17) is 4.74 Å². The van der Waals surface area contributed by atoms with E-state index < -0.39 is 0 Å². The molecule has 0 unspecified atom stereocenters. The van der Waals surface area contributed by atoms with E-state index in [1.54, 1.807) is 29.8 Å². The van der Waals surface area contributed by atoms with Gasteiger partial charge in [0.25, 0.3) is 0 Å². The average Bonchev–Trinajstić information content (AvgIpc) is 2.06. The number of anilines is 1. The van der Waals surface area contributed by atoms with Gasteiger partial charge in [-0.2, -0.15) is 0 Å². The number of benzene rings is 1. The third kappa shape index (κ3) is 1.83. The SMILES string of the molecule is CCOc1ccccc1NF. The molecule has 0 aliphatic carbocycles. The summed E-state index contributed by atoms with van der Waals surface area (Å²) in [5.74, 6) is 0.539. The second-order valence-corrected chi connectivity index (χ2v) is 2.02. The van der Waals surface area contributed by atoms with E-state index in [1.165, 1.54) is 0 Å². The molecule has 60 valence electrons. The van der Waals surface area contributed by atoms with Gasteiger partial charge in [0.2, 0.25) is 0 Å². The Bertz CT molecular complexity index is 227. The third-order valence-corrected chi connectivity index (χ3v) is 1.29. The Kier molecular flexibility index (Phi) is 2.72. The Morgan fingerprint density at radius 3 is 2.82 bits per heavy atom. The molecule has 0 aliphatic rings. The Balaban J connectivity index is 2.83. The van der Waals surface area contributed by atoms with Gasteiger partial charge < -0.3 is 4.74 Å².